The van der Waals surface area contributed by atoms with Gasteiger partial charge in [-0.05, 0) is 42.8 Å². The number of hydrogen-bond donors (Lipinski definition) is 3. The van der Waals surface area contributed by atoms with Gasteiger partial charge in [0.15, 0.2) is 0 Å². The molecule has 1 amide bonds. The summed E-state index contributed by atoms with van der Waals surface area (Å²) < 4.78 is 18.4. The maximum absolute atomic E-state index is 13.1. The third kappa shape index (κ3) is 4.50. The largest absolute Gasteiger partial charge is 0.445 e. The number of aryl methyl sites for hydroxylation is 1. The van der Waals surface area contributed by atoms with Gasteiger partial charge < -0.3 is 20.4 Å². The fourth-order valence-corrected chi connectivity index (χ4v) is 2.97. The minimum absolute atomic E-state index is 0.282. The Morgan fingerprint density at radius 3 is 2.48 bits per heavy atom. The van der Waals surface area contributed by atoms with Crippen molar-refractivity contribution >= 4 is 28.9 Å². The molecule has 0 saturated carbocycles. The van der Waals surface area contributed by atoms with Gasteiger partial charge in [-0.3, -0.25) is 4.79 Å². The number of aromatic nitrogens is 3. The maximum atomic E-state index is 13.1. The number of hydrogen-bond acceptors (Lipinski definition) is 7. The van der Waals surface area contributed by atoms with Crippen LogP contribution in [0.25, 0.3) is 11.5 Å². The number of halogens is 1. The molecule has 3 N–H and O–H groups in total. The van der Waals surface area contributed by atoms with E-state index in [1.807, 2.05) is 25.1 Å². The maximum Gasteiger partial charge on any atom is 0.254 e. The normalized spacial score (nSPS) is 10.5. The molecular formula is C22H19FN6O2. The van der Waals surface area contributed by atoms with Crippen molar-refractivity contribution in [3.8, 4) is 11.5 Å². The molecule has 4 rings (SSSR count). The van der Waals surface area contributed by atoms with Crippen LogP contribution in [0.5, 0.6) is 0 Å². The van der Waals surface area contributed by atoms with Crippen molar-refractivity contribution in [2.75, 3.05) is 17.7 Å². The van der Waals surface area contributed by atoms with Crippen LogP contribution >= 0.6 is 0 Å². The molecule has 0 unspecified atom stereocenters. The quantitative estimate of drug-likeness (QED) is 0.425. The molecule has 0 atom stereocenters. The zero-order valence-electron chi connectivity index (χ0n) is 16.8. The first-order chi connectivity index (χ1) is 15.0. The number of rotatable bonds is 6. The molecule has 31 heavy (non-hydrogen) atoms. The lowest BCUT2D eigenvalue weighted by molar-refractivity contribution is 0.0963. The predicted octanol–water partition coefficient (Wildman–Crippen LogP) is 4.43. The lowest BCUT2D eigenvalue weighted by Crippen LogP contribution is -2.19. The van der Waals surface area contributed by atoms with E-state index in [2.05, 4.69) is 30.9 Å². The number of nitrogens with one attached hydrogen (secondary N) is 3. The highest BCUT2D eigenvalue weighted by Crippen LogP contribution is 2.29. The minimum Gasteiger partial charge on any atom is -0.445 e. The van der Waals surface area contributed by atoms with Crippen molar-refractivity contribution in [2.45, 2.75) is 6.92 Å². The van der Waals surface area contributed by atoms with Crippen molar-refractivity contribution in [3.05, 3.63) is 78.2 Å². The van der Waals surface area contributed by atoms with Gasteiger partial charge in [-0.15, -0.1) is 0 Å². The van der Waals surface area contributed by atoms with E-state index >= 15 is 0 Å². The molecular weight excluding hydrogens is 399 g/mol. The van der Waals surface area contributed by atoms with E-state index in [1.165, 1.54) is 24.6 Å². The summed E-state index contributed by atoms with van der Waals surface area (Å²) in [5.74, 6) is 0.695. The van der Waals surface area contributed by atoms with Crippen molar-refractivity contribution in [3.63, 3.8) is 0 Å². The van der Waals surface area contributed by atoms with Crippen LogP contribution in [-0.4, -0.2) is 27.9 Å². The van der Waals surface area contributed by atoms with Crippen LogP contribution in [0.4, 0.5) is 27.4 Å². The second-order valence-corrected chi connectivity index (χ2v) is 6.67. The zero-order chi connectivity index (χ0) is 21.8. The molecule has 3 heterocycles. The van der Waals surface area contributed by atoms with Crippen LogP contribution in [0, 0.1) is 12.7 Å². The van der Waals surface area contributed by atoms with Gasteiger partial charge in [0.2, 0.25) is 5.89 Å². The van der Waals surface area contributed by atoms with Gasteiger partial charge in [0.25, 0.3) is 5.91 Å². The second kappa shape index (κ2) is 8.62. The molecule has 1 aromatic carbocycles. The van der Waals surface area contributed by atoms with Crippen LogP contribution in [0.15, 0.2) is 65.7 Å². The molecule has 0 saturated heterocycles. The Hall–Kier alpha value is -4.27. The van der Waals surface area contributed by atoms with E-state index in [0.29, 0.717) is 28.8 Å². The first-order valence-corrected chi connectivity index (χ1v) is 9.42. The average molecular weight is 418 g/mol. The van der Waals surface area contributed by atoms with Gasteiger partial charge in [0.1, 0.15) is 23.7 Å². The molecule has 4 aromatic rings. The fraction of sp³-hybridized carbons (Fsp3) is 0.0909. The number of carbonyl (C=O) groups excluding carboxylic acids is 1. The van der Waals surface area contributed by atoms with Gasteiger partial charge in [-0.2, -0.15) is 0 Å². The van der Waals surface area contributed by atoms with Crippen LogP contribution in [0.2, 0.25) is 0 Å². The fourth-order valence-electron chi connectivity index (χ4n) is 2.97. The molecule has 0 aliphatic rings. The van der Waals surface area contributed by atoms with Crippen LogP contribution in [0.3, 0.4) is 0 Å². The third-order valence-electron chi connectivity index (χ3n) is 4.53. The summed E-state index contributed by atoms with van der Waals surface area (Å²) in [5.41, 5.74) is 3.50. The van der Waals surface area contributed by atoms with Crippen LogP contribution in [0.1, 0.15) is 15.9 Å². The minimum atomic E-state index is -0.431. The Morgan fingerprint density at radius 2 is 1.81 bits per heavy atom. The second-order valence-electron chi connectivity index (χ2n) is 6.67. The van der Waals surface area contributed by atoms with E-state index in [1.54, 1.807) is 19.3 Å². The number of benzene rings is 1. The third-order valence-corrected chi connectivity index (χ3v) is 4.53. The van der Waals surface area contributed by atoms with Crippen molar-refractivity contribution in [1.82, 2.24) is 20.3 Å². The molecule has 156 valence electrons. The molecule has 0 radical (unpaired) electrons. The van der Waals surface area contributed by atoms with Gasteiger partial charge in [0.05, 0.1) is 23.6 Å². The highest BCUT2D eigenvalue weighted by molar-refractivity contribution is 6.00. The summed E-state index contributed by atoms with van der Waals surface area (Å²) in [6, 6.07) is 10.2. The Morgan fingerprint density at radius 1 is 0.968 bits per heavy atom. The van der Waals surface area contributed by atoms with E-state index in [9.17, 15) is 9.18 Å². The Labute approximate surface area is 177 Å². The van der Waals surface area contributed by atoms with Crippen molar-refractivity contribution in [2.24, 2.45) is 0 Å². The first kappa shape index (κ1) is 20.0. The van der Waals surface area contributed by atoms with Gasteiger partial charge >= 0.3 is 0 Å². The Kier molecular flexibility index (Phi) is 5.57. The zero-order valence-corrected chi connectivity index (χ0v) is 16.8. The Bertz CT molecular complexity index is 1210. The van der Waals surface area contributed by atoms with E-state index in [-0.39, 0.29) is 5.91 Å². The highest BCUT2D eigenvalue weighted by Gasteiger charge is 2.14. The SMILES string of the molecule is CNC(=O)c1cnc(Nc2ccc(F)cn2)cc1Nc1ccc(-c2ncco2)cc1C. The molecule has 0 aliphatic carbocycles. The summed E-state index contributed by atoms with van der Waals surface area (Å²) >= 11 is 0. The molecule has 0 spiro atoms. The number of nitrogens with zero attached hydrogens (tertiary/aromatic N) is 3. The van der Waals surface area contributed by atoms with Crippen molar-refractivity contribution < 1.29 is 13.6 Å². The first-order valence-electron chi connectivity index (χ1n) is 9.42. The summed E-state index contributed by atoms with van der Waals surface area (Å²) in [7, 11) is 1.55. The number of anilines is 4. The molecule has 0 fully saturated rings. The predicted molar refractivity (Wildman–Crippen MR) is 115 cm³/mol. The topological polar surface area (TPSA) is 105 Å². The van der Waals surface area contributed by atoms with Crippen molar-refractivity contribution in [1.29, 1.82) is 0 Å². The van der Waals surface area contributed by atoms with Gasteiger partial charge in [0, 0.05) is 30.6 Å². The monoisotopic (exact) mass is 418 g/mol. The molecule has 9 heteroatoms. The van der Waals surface area contributed by atoms with Crippen LogP contribution in [-0.2, 0) is 0 Å². The lowest BCUT2D eigenvalue weighted by Gasteiger charge is -2.15. The summed E-state index contributed by atoms with van der Waals surface area (Å²) in [6.45, 7) is 1.94. The Balaban J connectivity index is 1.65. The van der Waals surface area contributed by atoms with E-state index in [0.717, 1.165) is 23.0 Å². The van der Waals surface area contributed by atoms with Gasteiger partial charge in [-0.1, -0.05) is 0 Å². The lowest BCUT2D eigenvalue weighted by atomic mass is 10.1. The smallest absolute Gasteiger partial charge is 0.254 e. The molecule has 8 nitrogen and oxygen atoms in total. The number of carbonyl (C=O) groups is 1. The molecule has 0 aliphatic heterocycles. The number of pyridine rings is 2. The summed E-state index contributed by atoms with van der Waals surface area (Å²) in [4.78, 5) is 24.7. The summed E-state index contributed by atoms with van der Waals surface area (Å²) in [6.07, 6.45) is 5.69. The number of oxazole rings is 1. The highest BCUT2D eigenvalue weighted by atomic mass is 19.1. The standard InChI is InChI=1S/C22H19FN6O2/c1-13-9-14(22-25-7-8-31-22)3-5-17(13)28-18-10-20(27-12-16(18)21(30)24-2)29-19-6-4-15(23)11-26-19/h3-12H,1-2H3,(H,24,30)(H2,26,27,28,29). The molecule has 3 aromatic heterocycles. The van der Waals surface area contributed by atoms with Crippen LogP contribution < -0.4 is 16.0 Å². The molecule has 0 bridgehead atoms. The van der Waals surface area contributed by atoms with Gasteiger partial charge in [-0.25, -0.2) is 19.3 Å². The van der Waals surface area contributed by atoms with E-state index < -0.39 is 5.82 Å². The summed E-state index contributed by atoms with van der Waals surface area (Å²) in [5, 5.41) is 8.91. The number of amides is 1. The average Bonchev–Trinajstić information content (AvgIpc) is 3.31. The van der Waals surface area contributed by atoms with E-state index in [4.69, 9.17) is 4.42 Å².